The fraction of sp³-hybridized carbons (Fsp3) is 0.600. The van der Waals surface area contributed by atoms with Gasteiger partial charge in [0.15, 0.2) is 0 Å². The van der Waals surface area contributed by atoms with Crippen molar-refractivity contribution in [3.8, 4) is 5.75 Å². The van der Waals surface area contributed by atoms with E-state index in [1.807, 2.05) is 18.2 Å². The van der Waals surface area contributed by atoms with E-state index in [4.69, 9.17) is 14.6 Å². The Bertz CT molecular complexity index is 359. The smallest absolute Gasteiger partial charge is 0.119 e. The summed E-state index contributed by atoms with van der Waals surface area (Å²) in [6.07, 6.45) is 0.410. The Morgan fingerprint density at radius 3 is 2.90 bits per heavy atom. The highest BCUT2D eigenvalue weighted by Gasteiger charge is 2.05. The first-order valence-electron chi connectivity index (χ1n) is 7.05. The SMILES string of the molecule is CCc1cccc(OCC(O)CNCCOCCO)c1. The Kier molecular flexibility index (Phi) is 8.98. The molecule has 5 heteroatoms. The second kappa shape index (κ2) is 10.6. The van der Waals surface area contributed by atoms with Gasteiger partial charge in [0.05, 0.1) is 19.8 Å². The minimum atomic E-state index is -0.557. The van der Waals surface area contributed by atoms with Gasteiger partial charge in [0.2, 0.25) is 0 Å². The van der Waals surface area contributed by atoms with Gasteiger partial charge >= 0.3 is 0 Å². The van der Waals surface area contributed by atoms with Crippen molar-refractivity contribution in [3.63, 3.8) is 0 Å². The lowest BCUT2D eigenvalue weighted by atomic mass is 10.2. The summed E-state index contributed by atoms with van der Waals surface area (Å²) >= 11 is 0. The molecule has 0 aliphatic carbocycles. The Balaban J connectivity index is 2.11. The summed E-state index contributed by atoms with van der Waals surface area (Å²) in [7, 11) is 0. The van der Waals surface area contributed by atoms with Gasteiger partial charge in [-0.3, -0.25) is 0 Å². The summed E-state index contributed by atoms with van der Waals surface area (Å²) in [6, 6.07) is 7.89. The summed E-state index contributed by atoms with van der Waals surface area (Å²) in [5, 5.41) is 21.4. The van der Waals surface area contributed by atoms with Crippen LogP contribution in [0.5, 0.6) is 5.75 Å². The topological polar surface area (TPSA) is 71.0 Å². The van der Waals surface area contributed by atoms with Crippen LogP contribution in [0.25, 0.3) is 0 Å². The molecule has 0 aromatic heterocycles. The van der Waals surface area contributed by atoms with E-state index in [1.54, 1.807) is 0 Å². The van der Waals surface area contributed by atoms with Gasteiger partial charge in [-0.25, -0.2) is 0 Å². The number of rotatable bonds is 11. The predicted octanol–water partition coefficient (Wildman–Crippen LogP) is 0.587. The van der Waals surface area contributed by atoms with Crippen molar-refractivity contribution in [2.45, 2.75) is 19.4 Å². The molecule has 0 aliphatic heterocycles. The van der Waals surface area contributed by atoms with Gasteiger partial charge in [-0.1, -0.05) is 19.1 Å². The number of hydrogen-bond donors (Lipinski definition) is 3. The second-order valence-electron chi connectivity index (χ2n) is 4.51. The van der Waals surface area contributed by atoms with E-state index >= 15 is 0 Å². The molecule has 20 heavy (non-hydrogen) atoms. The average Bonchev–Trinajstić information content (AvgIpc) is 2.49. The largest absolute Gasteiger partial charge is 0.491 e. The number of hydrogen-bond acceptors (Lipinski definition) is 5. The number of ether oxygens (including phenoxy) is 2. The van der Waals surface area contributed by atoms with Crippen LogP contribution in [0.4, 0.5) is 0 Å². The molecule has 1 aromatic rings. The Hall–Kier alpha value is -1.14. The lowest BCUT2D eigenvalue weighted by Gasteiger charge is -2.13. The number of aliphatic hydroxyl groups excluding tert-OH is 2. The summed E-state index contributed by atoms with van der Waals surface area (Å²) in [5.74, 6) is 0.787. The molecule has 0 spiro atoms. The van der Waals surface area contributed by atoms with E-state index < -0.39 is 6.10 Å². The zero-order chi connectivity index (χ0) is 14.6. The third-order valence-electron chi connectivity index (χ3n) is 2.79. The average molecular weight is 283 g/mol. The number of benzene rings is 1. The maximum atomic E-state index is 9.77. The Morgan fingerprint density at radius 1 is 1.30 bits per heavy atom. The maximum Gasteiger partial charge on any atom is 0.119 e. The molecule has 0 radical (unpaired) electrons. The second-order valence-corrected chi connectivity index (χ2v) is 4.51. The van der Waals surface area contributed by atoms with Gasteiger partial charge < -0.3 is 25.0 Å². The lowest BCUT2D eigenvalue weighted by molar-refractivity contribution is 0.0842. The molecule has 0 fully saturated rings. The van der Waals surface area contributed by atoms with Crippen molar-refractivity contribution in [2.75, 3.05) is 39.5 Å². The zero-order valence-electron chi connectivity index (χ0n) is 12.0. The minimum Gasteiger partial charge on any atom is -0.491 e. The molecule has 114 valence electrons. The monoisotopic (exact) mass is 283 g/mol. The first-order valence-corrected chi connectivity index (χ1v) is 7.05. The predicted molar refractivity (Wildman–Crippen MR) is 78.1 cm³/mol. The van der Waals surface area contributed by atoms with Gasteiger partial charge in [-0.15, -0.1) is 0 Å². The molecular weight excluding hydrogens is 258 g/mol. The third-order valence-corrected chi connectivity index (χ3v) is 2.79. The van der Waals surface area contributed by atoms with Gasteiger partial charge in [0.25, 0.3) is 0 Å². The van der Waals surface area contributed by atoms with Crippen molar-refractivity contribution in [1.82, 2.24) is 5.32 Å². The fourth-order valence-corrected chi connectivity index (χ4v) is 1.69. The molecule has 1 unspecified atom stereocenters. The van der Waals surface area contributed by atoms with Crippen LogP contribution in [-0.2, 0) is 11.2 Å². The first-order chi connectivity index (χ1) is 9.76. The third kappa shape index (κ3) is 7.45. The highest BCUT2D eigenvalue weighted by Crippen LogP contribution is 2.13. The van der Waals surface area contributed by atoms with E-state index in [-0.39, 0.29) is 13.2 Å². The van der Waals surface area contributed by atoms with Crippen molar-refractivity contribution < 1.29 is 19.7 Å². The van der Waals surface area contributed by atoms with E-state index in [9.17, 15) is 5.11 Å². The van der Waals surface area contributed by atoms with Crippen LogP contribution in [-0.4, -0.2) is 55.8 Å². The molecule has 0 heterocycles. The van der Waals surface area contributed by atoms with Crippen LogP contribution >= 0.6 is 0 Å². The Morgan fingerprint density at radius 2 is 2.15 bits per heavy atom. The molecule has 3 N–H and O–H groups in total. The standard InChI is InChI=1S/C15H25NO4/c1-2-13-4-3-5-15(10-13)20-12-14(18)11-16-6-8-19-9-7-17/h3-5,10,14,16-18H,2,6-9,11-12H2,1H3. The highest BCUT2D eigenvalue weighted by molar-refractivity contribution is 5.28. The molecule has 1 rings (SSSR count). The van der Waals surface area contributed by atoms with Crippen LogP contribution in [0.15, 0.2) is 24.3 Å². The van der Waals surface area contributed by atoms with Crippen molar-refractivity contribution in [2.24, 2.45) is 0 Å². The molecule has 0 aliphatic rings. The fourth-order valence-electron chi connectivity index (χ4n) is 1.69. The molecule has 1 aromatic carbocycles. The van der Waals surface area contributed by atoms with E-state index in [0.29, 0.717) is 26.3 Å². The normalized spacial score (nSPS) is 12.3. The van der Waals surface area contributed by atoms with Gasteiger partial charge in [0, 0.05) is 13.1 Å². The van der Waals surface area contributed by atoms with E-state index in [2.05, 4.69) is 18.3 Å². The van der Waals surface area contributed by atoms with Crippen LogP contribution in [0.3, 0.4) is 0 Å². The van der Waals surface area contributed by atoms with Crippen LogP contribution < -0.4 is 10.1 Å². The number of nitrogens with one attached hydrogen (secondary N) is 1. The van der Waals surface area contributed by atoms with Crippen LogP contribution in [0.1, 0.15) is 12.5 Å². The van der Waals surface area contributed by atoms with E-state index in [1.165, 1.54) is 5.56 Å². The highest BCUT2D eigenvalue weighted by atomic mass is 16.5. The summed E-state index contributed by atoms with van der Waals surface area (Å²) in [4.78, 5) is 0. The molecule has 0 saturated heterocycles. The molecule has 5 nitrogen and oxygen atoms in total. The van der Waals surface area contributed by atoms with E-state index in [0.717, 1.165) is 12.2 Å². The first kappa shape index (κ1) is 16.9. The molecular formula is C15H25NO4. The van der Waals surface area contributed by atoms with Gasteiger partial charge in [-0.2, -0.15) is 0 Å². The van der Waals surface area contributed by atoms with Gasteiger partial charge in [0.1, 0.15) is 18.5 Å². The van der Waals surface area contributed by atoms with Crippen molar-refractivity contribution in [1.29, 1.82) is 0 Å². The quantitative estimate of drug-likeness (QED) is 0.518. The van der Waals surface area contributed by atoms with Crippen LogP contribution in [0.2, 0.25) is 0 Å². The lowest BCUT2D eigenvalue weighted by Crippen LogP contribution is -2.33. The summed E-state index contributed by atoms with van der Waals surface area (Å²) < 4.78 is 10.6. The summed E-state index contributed by atoms with van der Waals surface area (Å²) in [6.45, 7) is 4.35. The molecule has 0 saturated carbocycles. The number of aryl methyl sites for hydroxylation is 1. The summed E-state index contributed by atoms with van der Waals surface area (Å²) in [5.41, 5.74) is 1.22. The van der Waals surface area contributed by atoms with Crippen molar-refractivity contribution in [3.05, 3.63) is 29.8 Å². The maximum absolute atomic E-state index is 9.77. The minimum absolute atomic E-state index is 0.0350. The van der Waals surface area contributed by atoms with Crippen molar-refractivity contribution >= 4 is 0 Å². The zero-order valence-corrected chi connectivity index (χ0v) is 12.0. The Labute approximate surface area is 120 Å². The van der Waals surface area contributed by atoms with Crippen LogP contribution in [0, 0.1) is 0 Å². The van der Waals surface area contributed by atoms with Gasteiger partial charge in [-0.05, 0) is 24.1 Å². The molecule has 0 bridgehead atoms. The number of aliphatic hydroxyl groups is 2. The molecule has 0 amide bonds. The molecule has 1 atom stereocenters.